The molecule has 35 heavy (non-hydrogen) atoms. The van der Waals surface area contributed by atoms with E-state index in [1.807, 2.05) is 0 Å². The fourth-order valence-electron chi connectivity index (χ4n) is 4.26. The molecule has 1 saturated carbocycles. The van der Waals surface area contributed by atoms with Gasteiger partial charge in [-0.25, -0.2) is 23.7 Å². The molecular formula is C15H23N4O13P3. The van der Waals surface area contributed by atoms with Crippen molar-refractivity contribution < 1.29 is 55.9 Å². The average molecular weight is 560 g/mol. The van der Waals surface area contributed by atoms with Crippen molar-refractivity contribution in [3.8, 4) is 0 Å². The van der Waals surface area contributed by atoms with E-state index in [-0.39, 0.29) is 11.9 Å². The van der Waals surface area contributed by atoms with Gasteiger partial charge in [-0.3, -0.25) is 9.32 Å². The highest BCUT2D eigenvalue weighted by Crippen LogP contribution is 2.66. The van der Waals surface area contributed by atoms with Gasteiger partial charge in [0.05, 0.1) is 25.1 Å². The molecule has 5 N–H and O–H groups in total. The van der Waals surface area contributed by atoms with E-state index in [2.05, 4.69) is 23.6 Å². The monoisotopic (exact) mass is 560 g/mol. The van der Waals surface area contributed by atoms with Crippen LogP contribution in [0.5, 0.6) is 0 Å². The van der Waals surface area contributed by atoms with Gasteiger partial charge in [-0.15, -0.1) is 0 Å². The fourth-order valence-corrected chi connectivity index (χ4v) is 7.34. The Bertz CT molecular complexity index is 1340. The molecule has 3 unspecified atom stereocenters. The average Bonchev–Trinajstić information content (AvgIpc) is 3.28. The molecule has 0 aromatic carbocycles. The van der Waals surface area contributed by atoms with E-state index in [4.69, 9.17) is 23.8 Å². The van der Waals surface area contributed by atoms with E-state index in [9.17, 15) is 28.3 Å². The quantitative estimate of drug-likeness (QED) is 0.281. The SMILES string of the molecule is Cc1nc2c(ncn2[C@@H]2C[C@H](COP(=O)(O)OP(=O)(O)OP(=O)(O)O)[C@@H]3OC(C)(C)OC32)c(=O)[nH]1. The Morgan fingerprint density at radius 3 is 2.46 bits per heavy atom. The molecule has 1 saturated heterocycles. The van der Waals surface area contributed by atoms with Crippen molar-refractivity contribution in [2.24, 2.45) is 5.92 Å². The number of aromatic nitrogens is 4. The standard InChI is InChI=1S/C15H23N4O13P3/c1-7-17-13-10(14(20)18-7)16-6-19(13)9-4-8(11-12(9)30-15(2,3)29-11)5-28-34(24,25)32-35(26,27)31-33(21,22)23/h6,8-9,11-12H,4-5H2,1-3H3,(H,24,25)(H,26,27)(H,17,18,20)(H2,21,22,23)/t8-,9-,11+,12?/m1/s1. The molecule has 2 aromatic heterocycles. The van der Waals surface area contributed by atoms with Crippen LogP contribution in [0, 0.1) is 12.8 Å². The zero-order chi connectivity index (χ0) is 26.0. The largest absolute Gasteiger partial charge is 0.490 e. The van der Waals surface area contributed by atoms with Crippen molar-refractivity contribution in [1.82, 2.24) is 19.5 Å². The lowest BCUT2D eigenvalue weighted by atomic mass is 10.1. The van der Waals surface area contributed by atoms with Crippen LogP contribution < -0.4 is 5.56 Å². The van der Waals surface area contributed by atoms with Crippen LogP contribution in [0.3, 0.4) is 0 Å². The predicted octanol–water partition coefficient (Wildman–Crippen LogP) is 0.852. The molecular weight excluding hydrogens is 537 g/mol. The van der Waals surface area contributed by atoms with Gasteiger partial charge < -0.3 is 38.6 Å². The van der Waals surface area contributed by atoms with Crippen LogP contribution in [-0.2, 0) is 36.3 Å². The van der Waals surface area contributed by atoms with Crippen LogP contribution in [0.25, 0.3) is 11.2 Å². The number of fused-ring (bicyclic) bond motifs is 2. The van der Waals surface area contributed by atoms with Gasteiger partial charge in [-0.1, -0.05) is 0 Å². The first kappa shape index (κ1) is 26.7. The first-order valence-corrected chi connectivity index (χ1v) is 14.5. The predicted molar refractivity (Wildman–Crippen MR) is 114 cm³/mol. The molecule has 0 radical (unpaired) electrons. The maximum atomic E-state index is 12.2. The number of phosphoric ester groups is 1. The molecule has 2 aromatic rings. The van der Waals surface area contributed by atoms with Crippen molar-refractivity contribution >= 4 is 34.6 Å². The summed E-state index contributed by atoms with van der Waals surface area (Å²) in [6.45, 7) is 4.42. The number of aryl methyl sites for hydroxylation is 1. The van der Waals surface area contributed by atoms with Crippen molar-refractivity contribution in [3.05, 3.63) is 22.5 Å². The number of nitrogens with zero attached hydrogens (tertiary/aromatic N) is 3. The molecule has 196 valence electrons. The molecule has 0 amide bonds. The molecule has 4 rings (SSSR count). The Balaban J connectivity index is 1.55. The summed E-state index contributed by atoms with van der Waals surface area (Å²) < 4.78 is 60.4. The van der Waals surface area contributed by atoms with Crippen LogP contribution >= 0.6 is 23.5 Å². The highest BCUT2D eigenvalue weighted by Gasteiger charge is 2.55. The highest BCUT2D eigenvalue weighted by molar-refractivity contribution is 7.66. The number of aromatic amines is 1. The zero-order valence-corrected chi connectivity index (χ0v) is 21.1. The lowest BCUT2D eigenvalue weighted by Crippen LogP contribution is -2.28. The van der Waals surface area contributed by atoms with E-state index >= 15 is 0 Å². The van der Waals surface area contributed by atoms with E-state index in [1.54, 1.807) is 25.3 Å². The first-order chi connectivity index (χ1) is 16.0. The van der Waals surface area contributed by atoms with Crippen molar-refractivity contribution in [1.29, 1.82) is 0 Å². The number of hydrogen-bond acceptors (Lipinski definition) is 11. The second-order valence-corrected chi connectivity index (χ2v) is 12.9. The normalized spacial score (nSPS) is 29.7. The molecule has 1 aliphatic carbocycles. The van der Waals surface area contributed by atoms with Gasteiger partial charge in [-0.05, 0) is 27.2 Å². The molecule has 2 aliphatic rings. The molecule has 6 atom stereocenters. The molecule has 0 spiro atoms. The Morgan fingerprint density at radius 2 is 1.80 bits per heavy atom. The zero-order valence-electron chi connectivity index (χ0n) is 18.4. The second-order valence-electron chi connectivity index (χ2n) is 8.49. The lowest BCUT2D eigenvalue weighted by Gasteiger charge is -2.24. The molecule has 1 aliphatic heterocycles. The molecule has 17 nitrogen and oxygen atoms in total. The Labute approximate surface area is 196 Å². The lowest BCUT2D eigenvalue weighted by molar-refractivity contribution is -0.161. The number of rotatable bonds is 8. The first-order valence-electron chi connectivity index (χ1n) is 10.0. The van der Waals surface area contributed by atoms with E-state index in [1.165, 1.54) is 6.33 Å². The third kappa shape index (κ3) is 5.99. The number of nitrogens with one attached hydrogen (secondary N) is 1. The van der Waals surface area contributed by atoms with Crippen LogP contribution in [0.4, 0.5) is 0 Å². The van der Waals surface area contributed by atoms with Crippen LogP contribution in [0.15, 0.2) is 11.1 Å². The number of imidazole rings is 1. The molecule has 3 heterocycles. The molecule has 0 bridgehead atoms. The van der Waals surface area contributed by atoms with E-state index in [0.29, 0.717) is 11.5 Å². The number of hydrogen-bond donors (Lipinski definition) is 5. The summed E-state index contributed by atoms with van der Waals surface area (Å²) in [5.41, 5.74) is -0.00666. The van der Waals surface area contributed by atoms with Crippen LogP contribution in [-0.4, -0.2) is 63.7 Å². The Morgan fingerprint density at radius 1 is 1.14 bits per heavy atom. The number of H-pyrrole nitrogens is 1. The van der Waals surface area contributed by atoms with Gasteiger partial charge in [0.1, 0.15) is 11.9 Å². The maximum absolute atomic E-state index is 12.2. The minimum atomic E-state index is -5.64. The summed E-state index contributed by atoms with van der Waals surface area (Å²) in [7, 11) is -16.5. The number of ether oxygens (including phenoxy) is 2. The summed E-state index contributed by atoms with van der Waals surface area (Å²) in [6.07, 6.45) is 0.398. The third-order valence-electron chi connectivity index (χ3n) is 5.33. The summed E-state index contributed by atoms with van der Waals surface area (Å²) in [5.74, 6) is -1.27. The Hall–Kier alpha value is -1.32. The van der Waals surface area contributed by atoms with Gasteiger partial charge in [0.15, 0.2) is 17.0 Å². The summed E-state index contributed by atoms with van der Waals surface area (Å²) in [5, 5.41) is 0. The Kier molecular flexibility index (Phi) is 6.80. The van der Waals surface area contributed by atoms with Gasteiger partial charge in [0.2, 0.25) is 0 Å². The van der Waals surface area contributed by atoms with E-state index < -0.39 is 65.6 Å². The maximum Gasteiger partial charge on any atom is 0.490 e. The van der Waals surface area contributed by atoms with E-state index in [0.717, 1.165) is 0 Å². The van der Waals surface area contributed by atoms with Gasteiger partial charge in [-0.2, -0.15) is 8.62 Å². The minimum absolute atomic E-state index is 0.113. The molecule has 20 heteroatoms. The number of phosphoric acid groups is 3. The van der Waals surface area contributed by atoms with Gasteiger partial charge in [0.25, 0.3) is 5.56 Å². The summed E-state index contributed by atoms with van der Waals surface area (Å²) in [4.78, 5) is 59.7. The van der Waals surface area contributed by atoms with Gasteiger partial charge in [0, 0.05) is 5.92 Å². The van der Waals surface area contributed by atoms with Crippen LogP contribution in [0.2, 0.25) is 0 Å². The van der Waals surface area contributed by atoms with Gasteiger partial charge >= 0.3 is 23.5 Å². The topological polar surface area (TPSA) is 242 Å². The van der Waals surface area contributed by atoms with Crippen molar-refractivity contribution in [2.45, 2.75) is 51.2 Å². The highest BCUT2D eigenvalue weighted by atomic mass is 31.3. The fraction of sp³-hybridized carbons (Fsp3) is 0.667. The third-order valence-corrected chi connectivity index (χ3v) is 9.13. The summed E-state index contributed by atoms with van der Waals surface area (Å²) >= 11 is 0. The van der Waals surface area contributed by atoms with Crippen LogP contribution in [0.1, 0.15) is 32.1 Å². The summed E-state index contributed by atoms with van der Waals surface area (Å²) in [6, 6.07) is -0.477. The minimum Gasteiger partial charge on any atom is -0.344 e. The second kappa shape index (κ2) is 8.91. The molecule has 2 fully saturated rings. The van der Waals surface area contributed by atoms with Crippen molar-refractivity contribution in [2.75, 3.05) is 6.61 Å². The van der Waals surface area contributed by atoms with Crippen molar-refractivity contribution in [3.63, 3.8) is 0 Å². The smallest absolute Gasteiger partial charge is 0.344 e.